The molecule has 0 spiro atoms. The first-order valence-electron chi connectivity index (χ1n) is 6.20. The second kappa shape index (κ2) is 6.11. The molecule has 106 valence electrons. The SMILES string of the molecule is CC(=O)c1cc(Cl)cc(CN(C)Cc2ccco2)c1O. The van der Waals surface area contributed by atoms with Gasteiger partial charge in [-0.3, -0.25) is 9.69 Å². The summed E-state index contributed by atoms with van der Waals surface area (Å²) < 4.78 is 5.27. The summed E-state index contributed by atoms with van der Waals surface area (Å²) in [6, 6.07) is 6.86. The number of halogens is 1. The van der Waals surface area contributed by atoms with Crippen LogP contribution in [0.4, 0.5) is 0 Å². The van der Waals surface area contributed by atoms with Crippen molar-refractivity contribution in [2.75, 3.05) is 7.05 Å². The number of nitrogens with zero attached hydrogens (tertiary/aromatic N) is 1. The minimum absolute atomic E-state index is 0.00630. The smallest absolute Gasteiger partial charge is 0.163 e. The van der Waals surface area contributed by atoms with E-state index in [2.05, 4.69) is 0 Å². The van der Waals surface area contributed by atoms with Crippen LogP contribution in [-0.4, -0.2) is 22.8 Å². The van der Waals surface area contributed by atoms with E-state index in [1.807, 2.05) is 24.1 Å². The summed E-state index contributed by atoms with van der Waals surface area (Å²) in [5, 5.41) is 10.6. The number of benzene rings is 1. The molecule has 0 amide bonds. The average Bonchev–Trinajstić information content (AvgIpc) is 2.85. The van der Waals surface area contributed by atoms with E-state index in [-0.39, 0.29) is 17.1 Å². The number of carbonyl (C=O) groups is 1. The van der Waals surface area contributed by atoms with Crippen molar-refractivity contribution in [1.29, 1.82) is 0 Å². The predicted octanol–water partition coefficient (Wildman–Crippen LogP) is 3.47. The molecule has 0 bridgehead atoms. The van der Waals surface area contributed by atoms with Gasteiger partial charge in [-0.1, -0.05) is 11.6 Å². The minimum Gasteiger partial charge on any atom is -0.507 e. The molecule has 1 heterocycles. The maximum Gasteiger partial charge on any atom is 0.163 e. The monoisotopic (exact) mass is 293 g/mol. The number of furan rings is 1. The second-order valence-electron chi connectivity index (χ2n) is 4.77. The largest absolute Gasteiger partial charge is 0.507 e. The topological polar surface area (TPSA) is 53.7 Å². The Morgan fingerprint density at radius 1 is 1.40 bits per heavy atom. The van der Waals surface area contributed by atoms with Gasteiger partial charge in [0.2, 0.25) is 0 Å². The third-order valence-corrected chi connectivity index (χ3v) is 3.20. The maximum absolute atomic E-state index is 11.5. The van der Waals surface area contributed by atoms with Crippen molar-refractivity contribution in [3.63, 3.8) is 0 Å². The van der Waals surface area contributed by atoms with E-state index in [0.717, 1.165) is 5.76 Å². The van der Waals surface area contributed by atoms with Crippen LogP contribution >= 0.6 is 11.6 Å². The van der Waals surface area contributed by atoms with Gasteiger partial charge in [-0.15, -0.1) is 0 Å². The number of hydrogen-bond acceptors (Lipinski definition) is 4. The summed E-state index contributed by atoms with van der Waals surface area (Å²) in [6.45, 7) is 2.48. The molecule has 0 atom stereocenters. The standard InChI is InChI=1S/C15H16ClNO3/c1-10(18)14-7-12(16)6-11(15(14)19)8-17(2)9-13-4-3-5-20-13/h3-7,19H,8-9H2,1-2H3. The molecule has 20 heavy (non-hydrogen) atoms. The van der Waals surface area contributed by atoms with Gasteiger partial charge in [0.25, 0.3) is 0 Å². The van der Waals surface area contributed by atoms with Gasteiger partial charge in [-0.2, -0.15) is 0 Å². The second-order valence-corrected chi connectivity index (χ2v) is 5.21. The lowest BCUT2D eigenvalue weighted by Gasteiger charge is -2.17. The molecule has 2 rings (SSSR count). The number of Topliss-reactive ketones (excluding diaryl/α,β-unsaturated/α-hetero) is 1. The highest BCUT2D eigenvalue weighted by Gasteiger charge is 2.14. The number of rotatable bonds is 5. The van der Waals surface area contributed by atoms with Gasteiger partial charge in [0, 0.05) is 17.1 Å². The highest BCUT2D eigenvalue weighted by molar-refractivity contribution is 6.31. The third kappa shape index (κ3) is 3.40. The molecule has 1 aromatic heterocycles. The number of hydrogen-bond donors (Lipinski definition) is 1. The summed E-state index contributed by atoms with van der Waals surface area (Å²) in [5.41, 5.74) is 0.871. The van der Waals surface area contributed by atoms with Crippen molar-refractivity contribution in [1.82, 2.24) is 4.90 Å². The van der Waals surface area contributed by atoms with E-state index < -0.39 is 0 Å². The zero-order chi connectivity index (χ0) is 14.7. The van der Waals surface area contributed by atoms with Gasteiger partial charge in [0.15, 0.2) is 5.78 Å². The van der Waals surface area contributed by atoms with Crippen molar-refractivity contribution in [2.45, 2.75) is 20.0 Å². The van der Waals surface area contributed by atoms with Crippen molar-refractivity contribution in [2.24, 2.45) is 0 Å². The van der Waals surface area contributed by atoms with Crippen molar-refractivity contribution in [3.05, 3.63) is 52.4 Å². The van der Waals surface area contributed by atoms with Crippen LogP contribution in [0, 0.1) is 0 Å². The molecule has 0 aliphatic rings. The predicted molar refractivity (Wildman–Crippen MR) is 77.0 cm³/mol. The maximum atomic E-state index is 11.5. The molecule has 4 nitrogen and oxygen atoms in total. The number of aromatic hydroxyl groups is 1. The average molecular weight is 294 g/mol. The normalized spacial score (nSPS) is 11.0. The summed E-state index contributed by atoms with van der Waals surface area (Å²) in [4.78, 5) is 13.4. The first-order chi connectivity index (χ1) is 9.47. The first-order valence-corrected chi connectivity index (χ1v) is 6.58. The van der Waals surface area contributed by atoms with E-state index in [1.54, 1.807) is 12.3 Å². The van der Waals surface area contributed by atoms with Crippen molar-refractivity contribution < 1.29 is 14.3 Å². The van der Waals surface area contributed by atoms with Crippen molar-refractivity contribution in [3.8, 4) is 5.75 Å². The Labute approximate surface area is 122 Å². The fraction of sp³-hybridized carbons (Fsp3) is 0.267. The summed E-state index contributed by atoms with van der Waals surface area (Å²) in [6.07, 6.45) is 1.62. The first kappa shape index (κ1) is 14.6. The van der Waals surface area contributed by atoms with Gasteiger partial charge in [-0.25, -0.2) is 0 Å². The molecular formula is C15H16ClNO3. The van der Waals surface area contributed by atoms with Crippen LogP contribution in [0.25, 0.3) is 0 Å². The van der Waals surface area contributed by atoms with Gasteiger partial charge in [0.1, 0.15) is 11.5 Å². The molecule has 0 unspecified atom stereocenters. The van der Waals surface area contributed by atoms with E-state index in [0.29, 0.717) is 23.7 Å². The van der Waals surface area contributed by atoms with Crippen LogP contribution in [-0.2, 0) is 13.1 Å². The molecular weight excluding hydrogens is 278 g/mol. The number of ketones is 1. The van der Waals surface area contributed by atoms with Crippen LogP contribution in [0.15, 0.2) is 34.9 Å². The molecule has 5 heteroatoms. The van der Waals surface area contributed by atoms with E-state index in [9.17, 15) is 9.90 Å². The van der Waals surface area contributed by atoms with E-state index in [1.165, 1.54) is 13.0 Å². The van der Waals surface area contributed by atoms with Crippen LogP contribution in [0.3, 0.4) is 0 Å². The van der Waals surface area contributed by atoms with Crippen LogP contribution < -0.4 is 0 Å². The lowest BCUT2D eigenvalue weighted by Crippen LogP contribution is -2.17. The lowest BCUT2D eigenvalue weighted by molar-refractivity contribution is 0.101. The van der Waals surface area contributed by atoms with Gasteiger partial charge >= 0.3 is 0 Å². The van der Waals surface area contributed by atoms with Crippen molar-refractivity contribution >= 4 is 17.4 Å². The zero-order valence-electron chi connectivity index (χ0n) is 11.4. The number of phenols is 1. The third-order valence-electron chi connectivity index (χ3n) is 2.98. The summed E-state index contributed by atoms with van der Waals surface area (Å²) in [7, 11) is 1.90. The number of phenolic OH excluding ortho intramolecular Hbond substituents is 1. The van der Waals surface area contributed by atoms with Crippen LogP contribution in [0.2, 0.25) is 5.02 Å². The van der Waals surface area contributed by atoms with Crippen LogP contribution in [0.5, 0.6) is 5.75 Å². The van der Waals surface area contributed by atoms with E-state index in [4.69, 9.17) is 16.0 Å². The Morgan fingerprint density at radius 2 is 2.15 bits per heavy atom. The highest BCUT2D eigenvalue weighted by atomic mass is 35.5. The highest BCUT2D eigenvalue weighted by Crippen LogP contribution is 2.28. The Morgan fingerprint density at radius 3 is 2.75 bits per heavy atom. The molecule has 0 aliphatic heterocycles. The molecule has 1 N–H and O–H groups in total. The summed E-state index contributed by atoms with van der Waals surface area (Å²) in [5.74, 6) is 0.619. The minimum atomic E-state index is -0.208. The molecule has 0 saturated carbocycles. The van der Waals surface area contributed by atoms with Crippen LogP contribution in [0.1, 0.15) is 28.6 Å². The molecule has 0 saturated heterocycles. The van der Waals surface area contributed by atoms with Gasteiger partial charge in [0.05, 0.1) is 18.4 Å². The molecule has 0 fully saturated rings. The Bertz CT molecular complexity index is 608. The molecule has 2 aromatic rings. The fourth-order valence-electron chi connectivity index (χ4n) is 2.06. The van der Waals surface area contributed by atoms with Gasteiger partial charge in [-0.05, 0) is 38.2 Å². The fourth-order valence-corrected chi connectivity index (χ4v) is 2.30. The summed E-state index contributed by atoms with van der Waals surface area (Å²) >= 11 is 5.99. The Kier molecular flexibility index (Phi) is 4.47. The Balaban J connectivity index is 2.18. The molecule has 0 aliphatic carbocycles. The molecule has 1 aromatic carbocycles. The van der Waals surface area contributed by atoms with Gasteiger partial charge < -0.3 is 9.52 Å². The lowest BCUT2D eigenvalue weighted by atomic mass is 10.1. The molecule has 0 radical (unpaired) electrons. The van der Waals surface area contributed by atoms with E-state index >= 15 is 0 Å². The zero-order valence-corrected chi connectivity index (χ0v) is 12.1. The number of carbonyl (C=O) groups excluding carboxylic acids is 1. The quantitative estimate of drug-likeness (QED) is 0.858. The Hall–Kier alpha value is -1.78.